The van der Waals surface area contributed by atoms with Crippen molar-refractivity contribution in [1.82, 2.24) is 29.6 Å². The second-order valence-corrected chi connectivity index (χ2v) is 9.09. The molecule has 1 aliphatic rings. The lowest BCUT2D eigenvalue weighted by Crippen LogP contribution is -2.34. The third kappa shape index (κ3) is 4.36. The summed E-state index contributed by atoms with van der Waals surface area (Å²) in [5.41, 5.74) is 10.3. The largest absolute Gasteiger partial charge is 0.383 e. The standard InChI is InChI=1S/C24H25Cl2N7/c1-2-32-8-6-17(7-9-32)33-14-16(12-30-33)15-10-18(23(27)28-11-15)24-29-13-21(31-24)22-19(25)4-3-5-20(22)26/h3-5,10-14,17H,2,6-9H2,1H3,(H2,27,28)(H,29,31). The molecule has 0 spiro atoms. The summed E-state index contributed by atoms with van der Waals surface area (Å²) >= 11 is 12.7. The highest BCUT2D eigenvalue weighted by Crippen LogP contribution is 2.36. The van der Waals surface area contributed by atoms with E-state index in [0.717, 1.165) is 49.3 Å². The van der Waals surface area contributed by atoms with E-state index < -0.39 is 0 Å². The average Bonchev–Trinajstić information content (AvgIpc) is 3.50. The van der Waals surface area contributed by atoms with E-state index in [1.54, 1.807) is 24.5 Å². The average molecular weight is 482 g/mol. The van der Waals surface area contributed by atoms with Crippen LogP contribution in [0.1, 0.15) is 25.8 Å². The molecule has 0 aliphatic carbocycles. The summed E-state index contributed by atoms with van der Waals surface area (Å²) in [4.78, 5) is 14.7. The van der Waals surface area contributed by atoms with Gasteiger partial charge in [0.05, 0.1) is 39.7 Å². The van der Waals surface area contributed by atoms with Crippen LogP contribution in [-0.4, -0.2) is 49.3 Å². The summed E-state index contributed by atoms with van der Waals surface area (Å²) in [6.07, 6.45) is 9.68. The fraction of sp³-hybridized carbons (Fsp3) is 0.292. The van der Waals surface area contributed by atoms with Gasteiger partial charge in [0.2, 0.25) is 0 Å². The number of piperidine rings is 1. The smallest absolute Gasteiger partial charge is 0.141 e. The van der Waals surface area contributed by atoms with Crippen molar-refractivity contribution >= 4 is 29.0 Å². The molecule has 5 rings (SSSR count). The van der Waals surface area contributed by atoms with Crippen molar-refractivity contribution in [3.63, 3.8) is 0 Å². The fourth-order valence-corrected chi connectivity index (χ4v) is 4.95. The van der Waals surface area contributed by atoms with Gasteiger partial charge in [-0.25, -0.2) is 9.97 Å². The van der Waals surface area contributed by atoms with Crippen molar-refractivity contribution in [2.45, 2.75) is 25.8 Å². The molecule has 4 heterocycles. The molecule has 170 valence electrons. The second-order valence-electron chi connectivity index (χ2n) is 8.27. The number of likely N-dealkylation sites (tertiary alicyclic amines) is 1. The topological polar surface area (TPSA) is 88.6 Å². The molecule has 9 heteroatoms. The van der Waals surface area contributed by atoms with Crippen molar-refractivity contribution in [2.75, 3.05) is 25.4 Å². The van der Waals surface area contributed by atoms with Crippen molar-refractivity contribution < 1.29 is 0 Å². The van der Waals surface area contributed by atoms with Gasteiger partial charge in [-0.05, 0) is 37.6 Å². The second kappa shape index (κ2) is 9.17. The van der Waals surface area contributed by atoms with Gasteiger partial charge in [-0.15, -0.1) is 0 Å². The number of pyridine rings is 1. The van der Waals surface area contributed by atoms with E-state index in [1.165, 1.54) is 0 Å². The van der Waals surface area contributed by atoms with Crippen LogP contribution >= 0.6 is 23.2 Å². The highest BCUT2D eigenvalue weighted by atomic mass is 35.5. The lowest BCUT2D eigenvalue weighted by atomic mass is 10.1. The van der Waals surface area contributed by atoms with Gasteiger partial charge in [0, 0.05) is 42.2 Å². The highest BCUT2D eigenvalue weighted by molar-refractivity contribution is 6.39. The number of aromatic nitrogens is 5. The van der Waals surface area contributed by atoms with Crippen LogP contribution in [-0.2, 0) is 0 Å². The van der Waals surface area contributed by atoms with Gasteiger partial charge < -0.3 is 15.6 Å². The number of halogens is 2. The molecular formula is C24H25Cl2N7. The van der Waals surface area contributed by atoms with Crippen molar-refractivity contribution in [3.05, 3.63) is 59.1 Å². The van der Waals surface area contributed by atoms with E-state index in [2.05, 4.69) is 42.8 Å². The zero-order valence-corrected chi connectivity index (χ0v) is 19.8. The van der Waals surface area contributed by atoms with E-state index in [4.69, 9.17) is 28.9 Å². The molecular weight excluding hydrogens is 457 g/mol. The van der Waals surface area contributed by atoms with Crippen LogP contribution in [0.15, 0.2) is 49.1 Å². The van der Waals surface area contributed by atoms with Gasteiger partial charge in [-0.3, -0.25) is 4.68 Å². The lowest BCUT2D eigenvalue weighted by Gasteiger charge is -2.31. The monoisotopic (exact) mass is 481 g/mol. The predicted octanol–water partition coefficient (Wildman–Crippen LogP) is 5.55. The minimum Gasteiger partial charge on any atom is -0.383 e. The molecule has 0 radical (unpaired) electrons. The molecule has 7 nitrogen and oxygen atoms in total. The maximum absolute atomic E-state index is 6.36. The molecule has 3 aromatic heterocycles. The van der Waals surface area contributed by atoms with E-state index in [-0.39, 0.29) is 0 Å². The van der Waals surface area contributed by atoms with Gasteiger partial charge in [0.25, 0.3) is 0 Å². The number of H-pyrrole nitrogens is 1. The number of nitrogens with one attached hydrogen (secondary N) is 1. The SMILES string of the molecule is CCN1CCC(n2cc(-c3cnc(N)c(-c4ncc(-c5c(Cl)cccc5Cl)[nH]4)c3)cn2)CC1. The van der Waals surface area contributed by atoms with E-state index in [9.17, 15) is 0 Å². The maximum Gasteiger partial charge on any atom is 0.141 e. The number of nitrogen functional groups attached to an aromatic ring is 1. The Morgan fingerprint density at radius 3 is 2.55 bits per heavy atom. The summed E-state index contributed by atoms with van der Waals surface area (Å²) in [5, 5.41) is 5.74. The number of hydrogen-bond acceptors (Lipinski definition) is 5. The van der Waals surface area contributed by atoms with Gasteiger partial charge >= 0.3 is 0 Å². The summed E-state index contributed by atoms with van der Waals surface area (Å²) in [5.74, 6) is 0.997. The molecule has 0 amide bonds. The van der Waals surface area contributed by atoms with Gasteiger partial charge in [0.1, 0.15) is 11.6 Å². The number of rotatable bonds is 5. The molecule has 0 atom stereocenters. The van der Waals surface area contributed by atoms with Crippen LogP contribution < -0.4 is 5.73 Å². The molecule has 1 aliphatic heterocycles. The molecule has 0 saturated carbocycles. The molecule has 1 aromatic carbocycles. The van der Waals surface area contributed by atoms with E-state index >= 15 is 0 Å². The highest BCUT2D eigenvalue weighted by Gasteiger charge is 2.21. The Labute approximate surface area is 202 Å². The minimum absolute atomic E-state index is 0.393. The van der Waals surface area contributed by atoms with Crippen LogP contribution in [0.5, 0.6) is 0 Å². The number of benzene rings is 1. The molecule has 3 N–H and O–H groups in total. The number of nitrogens with zero attached hydrogens (tertiary/aromatic N) is 5. The van der Waals surface area contributed by atoms with Crippen molar-refractivity contribution in [3.8, 4) is 33.8 Å². The van der Waals surface area contributed by atoms with Gasteiger partial charge in [-0.2, -0.15) is 5.10 Å². The minimum atomic E-state index is 0.393. The molecule has 1 fully saturated rings. The summed E-state index contributed by atoms with van der Waals surface area (Å²) < 4.78 is 2.09. The van der Waals surface area contributed by atoms with Crippen LogP contribution in [0.2, 0.25) is 10.0 Å². The first-order valence-corrected chi connectivity index (χ1v) is 11.8. The van der Waals surface area contributed by atoms with Crippen LogP contribution in [0.25, 0.3) is 33.8 Å². The third-order valence-electron chi connectivity index (χ3n) is 6.29. The number of aromatic amines is 1. The third-order valence-corrected chi connectivity index (χ3v) is 6.92. The predicted molar refractivity (Wildman–Crippen MR) is 133 cm³/mol. The normalized spacial score (nSPS) is 15.2. The molecule has 0 bridgehead atoms. The van der Waals surface area contributed by atoms with Crippen LogP contribution in [0.4, 0.5) is 5.82 Å². The first kappa shape index (κ1) is 21.9. The molecule has 1 saturated heterocycles. The van der Waals surface area contributed by atoms with Crippen LogP contribution in [0, 0.1) is 0 Å². The quantitative estimate of drug-likeness (QED) is 0.390. The maximum atomic E-state index is 6.36. The first-order valence-electron chi connectivity index (χ1n) is 11.1. The Balaban J connectivity index is 1.42. The van der Waals surface area contributed by atoms with E-state index in [1.807, 2.05) is 18.3 Å². The zero-order chi connectivity index (χ0) is 22.9. The number of nitrogens with two attached hydrogens (primary N) is 1. The Kier molecular flexibility index (Phi) is 6.10. The van der Waals surface area contributed by atoms with Crippen molar-refractivity contribution in [2.24, 2.45) is 0 Å². The Morgan fingerprint density at radius 2 is 1.82 bits per heavy atom. The fourth-order valence-electron chi connectivity index (χ4n) is 4.35. The summed E-state index contributed by atoms with van der Waals surface area (Å²) in [7, 11) is 0. The Bertz CT molecular complexity index is 1250. The van der Waals surface area contributed by atoms with Gasteiger partial charge in [-0.1, -0.05) is 36.2 Å². The lowest BCUT2D eigenvalue weighted by molar-refractivity contribution is 0.187. The number of anilines is 1. The van der Waals surface area contributed by atoms with Crippen LogP contribution in [0.3, 0.4) is 0 Å². The Hall–Kier alpha value is -2.87. The number of hydrogen-bond donors (Lipinski definition) is 2. The zero-order valence-electron chi connectivity index (χ0n) is 18.3. The van der Waals surface area contributed by atoms with E-state index in [0.29, 0.717) is 38.9 Å². The molecule has 0 unspecified atom stereocenters. The summed E-state index contributed by atoms with van der Waals surface area (Å²) in [6, 6.07) is 7.81. The Morgan fingerprint density at radius 1 is 1.06 bits per heavy atom. The van der Waals surface area contributed by atoms with Crippen molar-refractivity contribution in [1.29, 1.82) is 0 Å². The molecule has 4 aromatic rings. The number of imidazole rings is 1. The molecule has 33 heavy (non-hydrogen) atoms. The first-order chi connectivity index (χ1) is 16.0. The summed E-state index contributed by atoms with van der Waals surface area (Å²) in [6.45, 7) is 5.54. The van der Waals surface area contributed by atoms with Gasteiger partial charge in [0.15, 0.2) is 0 Å².